The molecule has 0 fully saturated rings. The lowest BCUT2D eigenvalue weighted by Crippen LogP contribution is -2.12. The maximum Gasteiger partial charge on any atom is 0.340 e. The Labute approximate surface area is 103 Å². The van der Waals surface area contributed by atoms with Crippen LogP contribution in [0.25, 0.3) is 10.9 Å². The smallest absolute Gasteiger partial charge is 0.340 e. The highest BCUT2D eigenvalue weighted by Gasteiger charge is 2.14. The molecule has 6 nitrogen and oxygen atoms in total. The minimum Gasteiger partial charge on any atom is -0.465 e. The Hall–Kier alpha value is -2.37. The van der Waals surface area contributed by atoms with Gasteiger partial charge in [0, 0.05) is 12.7 Å². The first-order valence-electron chi connectivity index (χ1n) is 5.37. The van der Waals surface area contributed by atoms with E-state index in [0.29, 0.717) is 28.0 Å². The van der Waals surface area contributed by atoms with Crippen molar-refractivity contribution < 1.29 is 9.53 Å². The van der Waals surface area contributed by atoms with Crippen molar-refractivity contribution in [3.05, 3.63) is 33.9 Å². The molecule has 0 saturated heterocycles. The van der Waals surface area contributed by atoms with Crippen LogP contribution in [-0.4, -0.2) is 30.1 Å². The van der Waals surface area contributed by atoms with Gasteiger partial charge in [-0.15, -0.1) is 0 Å². The maximum absolute atomic E-state index is 11.8. The quantitative estimate of drug-likeness (QED) is 0.775. The number of methoxy groups -OCH3 is 1. The number of nitrogens with zero attached hydrogens (tertiary/aromatic N) is 1. The van der Waals surface area contributed by atoms with Crippen molar-refractivity contribution >= 4 is 22.6 Å². The van der Waals surface area contributed by atoms with Gasteiger partial charge in [0.05, 0.1) is 23.6 Å². The molecule has 0 spiro atoms. The van der Waals surface area contributed by atoms with Crippen molar-refractivity contribution in [2.24, 2.45) is 0 Å². The number of esters is 1. The molecule has 2 N–H and O–H groups in total. The second kappa shape index (κ2) is 4.48. The Morgan fingerprint density at radius 1 is 1.44 bits per heavy atom. The summed E-state index contributed by atoms with van der Waals surface area (Å²) in [6.07, 6.45) is 0. The summed E-state index contributed by atoms with van der Waals surface area (Å²) in [4.78, 5) is 30.2. The minimum absolute atomic E-state index is 0.231. The largest absolute Gasteiger partial charge is 0.465 e. The van der Waals surface area contributed by atoms with Gasteiger partial charge in [-0.1, -0.05) is 0 Å². The Kier molecular flexibility index (Phi) is 3.01. The lowest BCUT2D eigenvalue weighted by Gasteiger charge is -2.09. The highest BCUT2D eigenvalue weighted by molar-refractivity contribution is 6.00. The summed E-state index contributed by atoms with van der Waals surface area (Å²) in [7, 11) is 2.98. The third-order valence-electron chi connectivity index (χ3n) is 2.64. The number of hydrogen-bond donors (Lipinski definition) is 2. The van der Waals surface area contributed by atoms with Crippen LogP contribution in [0.15, 0.2) is 16.9 Å². The zero-order chi connectivity index (χ0) is 13.3. The number of aromatic amines is 1. The van der Waals surface area contributed by atoms with Gasteiger partial charge in [-0.25, -0.2) is 9.78 Å². The Bertz CT molecular complexity index is 676. The molecule has 18 heavy (non-hydrogen) atoms. The predicted octanol–water partition coefficient (Wildman–Crippen LogP) is 1.06. The number of aromatic nitrogens is 2. The number of benzene rings is 1. The first-order chi connectivity index (χ1) is 8.56. The fourth-order valence-corrected chi connectivity index (χ4v) is 1.79. The number of anilines is 1. The summed E-state index contributed by atoms with van der Waals surface area (Å²) in [5, 5.41) is 3.29. The van der Waals surface area contributed by atoms with E-state index in [9.17, 15) is 9.59 Å². The molecule has 1 aromatic heterocycles. The number of carbonyl (C=O) groups is 1. The number of ether oxygens (including phenoxy) is 1. The van der Waals surface area contributed by atoms with E-state index < -0.39 is 5.97 Å². The normalized spacial score (nSPS) is 10.4. The van der Waals surface area contributed by atoms with Gasteiger partial charge in [0.25, 0.3) is 5.56 Å². The number of nitrogens with one attached hydrogen (secondary N) is 2. The second-order valence-electron chi connectivity index (χ2n) is 3.81. The Morgan fingerprint density at radius 2 is 2.17 bits per heavy atom. The average Bonchev–Trinajstić information content (AvgIpc) is 2.36. The van der Waals surface area contributed by atoms with Gasteiger partial charge in [0.2, 0.25) is 0 Å². The van der Waals surface area contributed by atoms with Crippen molar-refractivity contribution in [1.29, 1.82) is 0 Å². The highest BCUT2D eigenvalue weighted by atomic mass is 16.5. The van der Waals surface area contributed by atoms with Crippen molar-refractivity contribution in [2.75, 3.05) is 19.5 Å². The van der Waals surface area contributed by atoms with Gasteiger partial charge >= 0.3 is 5.97 Å². The summed E-state index contributed by atoms with van der Waals surface area (Å²) in [5.41, 5.74) is 1.12. The summed E-state index contributed by atoms with van der Waals surface area (Å²) in [6.45, 7) is 1.69. The van der Waals surface area contributed by atoms with Crippen LogP contribution in [0.4, 0.5) is 5.69 Å². The molecule has 6 heteroatoms. The summed E-state index contributed by atoms with van der Waals surface area (Å²) in [5.74, 6) is 0.0292. The highest BCUT2D eigenvalue weighted by Crippen LogP contribution is 2.21. The molecule has 2 rings (SSSR count). The van der Waals surface area contributed by atoms with Crippen LogP contribution >= 0.6 is 0 Å². The summed E-state index contributed by atoms with van der Waals surface area (Å²) < 4.78 is 4.70. The van der Waals surface area contributed by atoms with Crippen LogP contribution in [0, 0.1) is 6.92 Å². The van der Waals surface area contributed by atoms with Crippen molar-refractivity contribution in [3.63, 3.8) is 0 Å². The van der Waals surface area contributed by atoms with E-state index in [1.807, 2.05) is 0 Å². The summed E-state index contributed by atoms with van der Waals surface area (Å²) in [6, 6.07) is 3.14. The molecule has 0 aliphatic rings. The van der Waals surface area contributed by atoms with Crippen molar-refractivity contribution in [3.8, 4) is 0 Å². The molecular weight excluding hydrogens is 234 g/mol. The molecule has 0 aliphatic heterocycles. The number of H-pyrrole nitrogens is 1. The molecule has 0 amide bonds. The van der Waals surface area contributed by atoms with Crippen LogP contribution in [0.3, 0.4) is 0 Å². The molecule has 2 aromatic rings. The monoisotopic (exact) mass is 247 g/mol. The van der Waals surface area contributed by atoms with E-state index in [0.717, 1.165) is 0 Å². The average molecular weight is 247 g/mol. The van der Waals surface area contributed by atoms with Crippen LogP contribution in [0.5, 0.6) is 0 Å². The molecule has 94 valence electrons. The topological polar surface area (TPSA) is 84.1 Å². The van der Waals surface area contributed by atoms with Crippen molar-refractivity contribution in [2.45, 2.75) is 6.92 Å². The molecule has 1 aromatic carbocycles. The van der Waals surface area contributed by atoms with Gasteiger partial charge in [0.15, 0.2) is 0 Å². The number of carbonyl (C=O) groups excluding carboxylic acids is 1. The van der Waals surface area contributed by atoms with Crippen LogP contribution in [0.2, 0.25) is 0 Å². The number of hydrogen-bond acceptors (Lipinski definition) is 5. The number of aryl methyl sites for hydroxylation is 1. The number of fused-ring (bicyclic) bond motifs is 1. The van der Waals surface area contributed by atoms with E-state index in [4.69, 9.17) is 4.74 Å². The molecule has 0 atom stereocenters. The standard InChI is InChI=1S/C12H13N3O3/c1-6-14-10-5-8(12(17)18-3)9(13-2)4-7(10)11(16)15-6/h4-5,13H,1-3H3,(H,14,15,16). The molecule has 0 aliphatic carbocycles. The van der Waals surface area contributed by atoms with E-state index >= 15 is 0 Å². The molecule has 0 saturated carbocycles. The molecule has 0 radical (unpaired) electrons. The van der Waals surface area contributed by atoms with Gasteiger partial charge in [-0.3, -0.25) is 4.79 Å². The minimum atomic E-state index is -0.471. The fraction of sp³-hybridized carbons (Fsp3) is 0.250. The van der Waals surface area contributed by atoms with Gasteiger partial charge in [0.1, 0.15) is 5.82 Å². The van der Waals surface area contributed by atoms with Crippen molar-refractivity contribution in [1.82, 2.24) is 9.97 Å². The van der Waals surface area contributed by atoms with E-state index in [1.54, 1.807) is 26.1 Å². The van der Waals surface area contributed by atoms with Gasteiger partial charge in [-0.05, 0) is 19.1 Å². The fourth-order valence-electron chi connectivity index (χ4n) is 1.79. The third kappa shape index (κ3) is 1.92. The zero-order valence-corrected chi connectivity index (χ0v) is 10.3. The Balaban J connectivity index is 2.81. The SMILES string of the molecule is CNc1cc2c(=O)[nH]c(C)nc2cc1C(=O)OC. The maximum atomic E-state index is 11.8. The second-order valence-corrected chi connectivity index (χ2v) is 3.81. The third-order valence-corrected chi connectivity index (χ3v) is 2.64. The van der Waals surface area contributed by atoms with Crippen LogP contribution < -0.4 is 10.9 Å². The van der Waals surface area contributed by atoms with E-state index in [1.165, 1.54) is 7.11 Å². The van der Waals surface area contributed by atoms with Gasteiger partial charge < -0.3 is 15.0 Å². The van der Waals surface area contributed by atoms with E-state index in [2.05, 4.69) is 15.3 Å². The first kappa shape index (κ1) is 12.1. The Morgan fingerprint density at radius 3 is 2.78 bits per heavy atom. The lowest BCUT2D eigenvalue weighted by atomic mass is 10.1. The first-order valence-corrected chi connectivity index (χ1v) is 5.37. The summed E-state index contributed by atoms with van der Waals surface area (Å²) >= 11 is 0. The predicted molar refractivity (Wildman–Crippen MR) is 68.0 cm³/mol. The molecular formula is C12H13N3O3. The zero-order valence-electron chi connectivity index (χ0n) is 10.3. The van der Waals surface area contributed by atoms with Crippen LogP contribution in [-0.2, 0) is 4.74 Å². The lowest BCUT2D eigenvalue weighted by molar-refractivity contribution is 0.0602. The molecule has 0 bridgehead atoms. The van der Waals surface area contributed by atoms with E-state index in [-0.39, 0.29) is 5.56 Å². The number of rotatable bonds is 2. The molecule has 1 heterocycles. The van der Waals surface area contributed by atoms with Gasteiger partial charge in [-0.2, -0.15) is 0 Å². The molecule has 0 unspecified atom stereocenters. The van der Waals surface area contributed by atoms with Crippen LogP contribution in [0.1, 0.15) is 16.2 Å².